The maximum absolute atomic E-state index is 13.2. The Morgan fingerprint density at radius 2 is 2.31 bits per heavy atom. The van der Waals surface area contributed by atoms with Gasteiger partial charge in [-0.1, -0.05) is 15.9 Å². The molecule has 0 aliphatic rings. The first-order chi connectivity index (χ1) is 7.76. The molecule has 2 rings (SSSR count). The molecule has 0 fully saturated rings. The number of hydrogen-bond acceptors (Lipinski definition) is 3. The molecule has 0 bridgehead atoms. The number of methoxy groups -OCH3 is 1. The van der Waals surface area contributed by atoms with Crippen LogP contribution in [0.5, 0.6) is 5.75 Å². The largest absolute Gasteiger partial charge is 0.494 e. The molecule has 1 heterocycles. The monoisotopic (exact) mass is 285 g/mol. The minimum atomic E-state index is -0.397. The summed E-state index contributed by atoms with van der Waals surface area (Å²) in [5, 5.41) is 0.582. The van der Waals surface area contributed by atoms with Crippen molar-refractivity contribution in [3.8, 4) is 17.1 Å². The number of oxazole rings is 1. The zero-order valence-corrected chi connectivity index (χ0v) is 10.1. The van der Waals surface area contributed by atoms with E-state index in [0.717, 1.165) is 11.3 Å². The molecular weight excluding hydrogens is 277 g/mol. The van der Waals surface area contributed by atoms with Gasteiger partial charge >= 0.3 is 0 Å². The number of ether oxygens (including phenoxy) is 1. The Balaban J connectivity index is 2.48. The van der Waals surface area contributed by atoms with E-state index in [1.165, 1.54) is 19.6 Å². The predicted molar refractivity (Wildman–Crippen MR) is 61.1 cm³/mol. The molecule has 0 aliphatic carbocycles. The van der Waals surface area contributed by atoms with Crippen LogP contribution in [-0.2, 0) is 5.33 Å². The number of rotatable bonds is 3. The van der Waals surface area contributed by atoms with Gasteiger partial charge in [0.15, 0.2) is 23.7 Å². The van der Waals surface area contributed by atoms with E-state index in [2.05, 4.69) is 20.9 Å². The lowest BCUT2D eigenvalue weighted by Gasteiger charge is -2.04. The van der Waals surface area contributed by atoms with Crippen molar-refractivity contribution in [3.05, 3.63) is 36.1 Å². The van der Waals surface area contributed by atoms with Gasteiger partial charge in [-0.3, -0.25) is 0 Å². The SMILES string of the molecule is COc1cc(-c2ocnc2CBr)ccc1F. The lowest BCUT2D eigenvalue weighted by atomic mass is 10.1. The summed E-state index contributed by atoms with van der Waals surface area (Å²) in [4.78, 5) is 4.04. The fourth-order valence-corrected chi connectivity index (χ4v) is 1.80. The summed E-state index contributed by atoms with van der Waals surface area (Å²) in [6.07, 6.45) is 1.36. The van der Waals surface area contributed by atoms with E-state index >= 15 is 0 Å². The van der Waals surface area contributed by atoms with Gasteiger partial charge in [0.2, 0.25) is 0 Å². The minimum absolute atomic E-state index is 0.189. The van der Waals surface area contributed by atoms with Crippen molar-refractivity contribution < 1.29 is 13.5 Å². The quantitative estimate of drug-likeness (QED) is 0.811. The molecule has 1 aromatic heterocycles. The summed E-state index contributed by atoms with van der Waals surface area (Å²) in [5.41, 5.74) is 1.51. The van der Waals surface area contributed by atoms with Gasteiger partial charge in [0.05, 0.1) is 12.8 Å². The maximum atomic E-state index is 13.2. The molecule has 0 amide bonds. The van der Waals surface area contributed by atoms with Crippen LogP contribution in [0.1, 0.15) is 5.69 Å². The number of alkyl halides is 1. The first-order valence-electron chi connectivity index (χ1n) is 4.58. The third-order valence-corrected chi connectivity index (χ3v) is 2.71. The molecule has 0 radical (unpaired) electrons. The lowest BCUT2D eigenvalue weighted by molar-refractivity contribution is 0.386. The Hall–Kier alpha value is -1.36. The van der Waals surface area contributed by atoms with E-state index in [1.54, 1.807) is 12.1 Å². The summed E-state index contributed by atoms with van der Waals surface area (Å²) in [6, 6.07) is 4.56. The molecule has 0 aliphatic heterocycles. The van der Waals surface area contributed by atoms with Crippen molar-refractivity contribution in [1.29, 1.82) is 0 Å². The van der Waals surface area contributed by atoms with E-state index in [1.807, 2.05) is 0 Å². The van der Waals surface area contributed by atoms with E-state index in [4.69, 9.17) is 9.15 Å². The van der Waals surface area contributed by atoms with Crippen molar-refractivity contribution in [3.63, 3.8) is 0 Å². The Bertz CT molecular complexity index is 498. The highest BCUT2D eigenvalue weighted by Crippen LogP contribution is 2.29. The van der Waals surface area contributed by atoms with Crippen molar-refractivity contribution in [2.45, 2.75) is 5.33 Å². The van der Waals surface area contributed by atoms with E-state index < -0.39 is 5.82 Å². The Labute approximate surface area is 100 Å². The van der Waals surface area contributed by atoms with Gasteiger partial charge < -0.3 is 9.15 Å². The maximum Gasteiger partial charge on any atom is 0.181 e. The number of benzene rings is 1. The number of nitrogens with zero attached hydrogens (tertiary/aromatic N) is 1. The second-order valence-corrected chi connectivity index (χ2v) is 3.67. The summed E-state index contributed by atoms with van der Waals surface area (Å²) in [7, 11) is 1.42. The van der Waals surface area contributed by atoms with Gasteiger partial charge in [0.25, 0.3) is 0 Å². The Morgan fingerprint density at radius 3 is 3.00 bits per heavy atom. The smallest absolute Gasteiger partial charge is 0.181 e. The second kappa shape index (κ2) is 4.65. The molecular formula is C11H9BrFNO2. The van der Waals surface area contributed by atoms with Gasteiger partial charge in [-0.15, -0.1) is 0 Å². The summed E-state index contributed by atoms with van der Waals surface area (Å²) < 4.78 is 23.4. The third-order valence-electron chi connectivity index (χ3n) is 2.18. The van der Waals surface area contributed by atoms with Gasteiger partial charge in [-0.2, -0.15) is 0 Å². The van der Waals surface area contributed by atoms with Crippen LogP contribution >= 0.6 is 15.9 Å². The standard InChI is InChI=1S/C11H9BrFNO2/c1-15-10-4-7(2-3-8(10)13)11-9(5-12)14-6-16-11/h2-4,6H,5H2,1H3. The van der Waals surface area contributed by atoms with E-state index in [0.29, 0.717) is 11.1 Å². The highest BCUT2D eigenvalue weighted by atomic mass is 79.9. The summed E-state index contributed by atoms with van der Waals surface area (Å²) >= 11 is 3.31. The van der Waals surface area contributed by atoms with E-state index in [-0.39, 0.29) is 5.75 Å². The van der Waals surface area contributed by atoms with Crippen molar-refractivity contribution in [2.75, 3.05) is 7.11 Å². The van der Waals surface area contributed by atoms with Gasteiger partial charge in [0.1, 0.15) is 0 Å². The highest BCUT2D eigenvalue weighted by Gasteiger charge is 2.12. The average molecular weight is 286 g/mol. The van der Waals surface area contributed by atoms with Crippen molar-refractivity contribution in [1.82, 2.24) is 4.98 Å². The molecule has 0 N–H and O–H groups in total. The molecule has 0 saturated heterocycles. The van der Waals surface area contributed by atoms with Crippen LogP contribution in [0.15, 0.2) is 29.0 Å². The highest BCUT2D eigenvalue weighted by molar-refractivity contribution is 9.08. The molecule has 3 nitrogen and oxygen atoms in total. The van der Waals surface area contributed by atoms with Gasteiger partial charge in [-0.05, 0) is 18.2 Å². The van der Waals surface area contributed by atoms with Crippen LogP contribution in [0.3, 0.4) is 0 Å². The third kappa shape index (κ3) is 1.95. The van der Waals surface area contributed by atoms with Crippen LogP contribution in [0.2, 0.25) is 0 Å². The second-order valence-electron chi connectivity index (χ2n) is 3.11. The summed E-state index contributed by atoms with van der Waals surface area (Å²) in [6.45, 7) is 0. The van der Waals surface area contributed by atoms with E-state index in [9.17, 15) is 4.39 Å². The Kier molecular flexibility index (Phi) is 3.24. The van der Waals surface area contributed by atoms with Crippen molar-refractivity contribution in [2.24, 2.45) is 0 Å². The van der Waals surface area contributed by atoms with Crippen LogP contribution < -0.4 is 4.74 Å². The molecule has 0 atom stereocenters. The fourth-order valence-electron chi connectivity index (χ4n) is 1.40. The number of halogens is 2. The predicted octanol–water partition coefficient (Wildman–Crippen LogP) is 3.38. The average Bonchev–Trinajstić information content (AvgIpc) is 2.78. The van der Waals surface area contributed by atoms with Gasteiger partial charge in [0, 0.05) is 10.9 Å². The lowest BCUT2D eigenvalue weighted by Crippen LogP contribution is -1.89. The zero-order valence-electron chi connectivity index (χ0n) is 8.54. The topological polar surface area (TPSA) is 35.3 Å². The van der Waals surface area contributed by atoms with Gasteiger partial charge in [-0.25, -0.2) is 9.37 Å². The molecule has 16 heavy (non-hydrogen) atoms. The Morgan fingerprint density at radius 1 is 1.50 bits per heavy atom. The first-order valence-corrected chi connectivity index (χ1v) is 5.70. The molecule has 5 heteroatoms. The molecule has 0 unspecified atom stereocenters. The number of aromatic nitrogens is 1. The normalized spacial score (nSPS) is 10.4. The van der Waals surface area contributed by atoms with Crippen molar-refractivity contribution >= 4 is 15.9 Å². The molecule has 84 valence electrons. The molecule has 1 aromatic carbocycles. The van der Waals surface area contributed by atoms with Crippen LogP contribution in [-0.4, -0.2) is 12.1 Å². The zero-order chi connectivity index (χ0) is 11.5. The molecule has 0 spiro atoms. The molecule has 2 aromatic rings. The minimum Gasteiger partial charge on any atom is -0.494 e. The number of hydrogen-bond donors (Lipinski definition) is 0. The molecule has 0 saturated carbocycles. The fraction of sp³-hybridized carbons (Fsp3) is 0.182. The van der Waals surface area contributed by atoms with Crippen LogP contribution in [0.25, 0.3) is 11.3 Å². The summed E-state index contributed by atoms with van der Waals surface area (Å²) in [5.74, 6) is 0.413. The first kappa shape index (κ1) is 11.1. The van der Waals surface area contributed by atoms with Crippen LogP contribution in [0.4, 0.5) is 4.39 Å². The van der Waals surface area contributed by atoms with Crippen LogP contribution in [0, 0.1) is 5.82 Å².